The summed E-state index contributed by atoms with van der Waals surface area (Å²) in [6.45, 7) is 3.04. The van der Waals surface area contributed by atoms with Crippen LogP contribution in [0, 0.1) is 6.92 Å². The molecule has 0 radical (unpaired) electrons. The van der Waals surface area contributed by atoms with Crippen molar-refractivity contribution in [1.29, 1.82) is 0 Å². The smallest absolute Gasteiger partial charge is 0.339 e. The predicted octanol–water partition coefficient (Wildman–Crippen LogP) is 0.758. The van der Waals surface area contributed by atoms with Crippen LogP contribution in [-0.2, 0) is 0 Å². The number of benzene rings is 1. The van der Waals surface area contributed by atoms with Crippen molar-refractivity contribution in [3.63, 3.8) is 0 Å². The second-order valence-electron chi connectivity index (χ2n) is 3.31. The van der Waals surface area contributed by atoms with E-state index in [1.54, 1.807) is 19.1 Å². The number of phenols is 1. The van der Waals surface area contributed by atoms with E-state index in [9.17, 15) is 9.90 Å². The van der Waals surface area contributed by atoms with Crippen LogP contribution in [-0.4, -0.2) is 39.1 Å². The van der Waals surface area contributed by atoms with Crippen molar-refractivity contribution >= 4 is 5.97 Å². The highest BCUT2D eigenvalue weighted by Crippen LogP contribution is 2.20. The van der Waals surface area contributed by atoms with E-state index in [4.69, 9.17) is 15.3 Å². The molecule has 0 saturated heterocycles. The lowest BCUT2D eigenvalue weighted by Crippen LogP contribution is -2.03. The molecule has 0 heterocycles. The van der Waals surface area contributed by atoms with Crippen LogP contribution in [0.1, 0.15) is 22.8 Å². The molecule has 1 unspecified atom stereocenters. The molecule has 5 heteroatoms. The van der Waals surface area contributed by atoms with Crippen LogP contribution >= 0.6 is 0 Å². The van der Waals surface area contributed by atoms with Crippen molar-refractivity contribution in [3.05, 3.63) is 29.3 Å². The number of aryl methyl sites for hydroxylation is 1. The number of aliphatic hydroxyl groups is 2. The van der Waals surface area contributed by atoms with E-state index >= 15 is 0 Å². The molecule has 4 N–H and O–H groups in total. The Morgan fingerprint density at radius 2 is 1.94 bits per heavy atom. The Bertz CT molecular complexity index is 346. The minimum absolute atomic E-state index is 0.0509. The van der Waals surface area contributed by atoms with Gasteiger partial charge < -0.3 is 20.4 Å². The maximum absolute atomic E-state index is 10.4. The molecule has 1 aromatic carbocycles. The van der Waals surface area contributed by atoms with Gasteiger partial charge in [0.05, 0.1) is 12.7 Å². The van der Waals surface area contributed by atoms with Crippen molar-refractivity contribution in [3.8, 4) is 5.75 Å². The first kappa shape index (κ1) is 14.4. The number of aromatic carboxylic acids is 1. The molecular weight excluding hydrogens is 212 g/mol. The molecule has 1 atom stereocenters. The summed E-state index contributed by atoms with van der Waals surface area (Å²) in [6, 6.07) is 4.62. The van der Waals surface area contributed by atoms with E-state index in [1.807, 2.05) is 0 Å². The van der Waals surface area contributed by atoms with E-state index in [2.05, 4.69) is 0 Å². The van der Waals surface area contributed by atoms with Gasteiger partial charge in [-0.05, 0) is 25.5 Å². The third-order valence-corrected chi connectivity index (χ3v) is 1.73. The van der Waals surface area contributed by atoms with Gasteiger partial charge >= 0.3 is 5.97 Å². The number of rotatable bonds is 2. The Balaban J connectivity index is 0.000000385. The maximum atomic E-state index is 10.4. The number of hydrogen-bond donors (Lipinski definition) is 4. The van der Waals surface area contributed by atoms with Gasteiger partial charge in [-0.15, -0.1) is 0 Å². The van der Waals surface area contributed by atoms with E-state index < -0.39 is 12.1 Å². The molecule has 0 aromatic heterocycles. The molecule has 0 aliphatic heterocycles. The fourth-order valence-electron chi connectivity index (χ4n) is 0.832. The molecule has 0 bridgehead atoms. The number of aliphatic hydroxyl groups excluding tert-OH is 2. The topological polar surface area (TPSA) is 98.0 Å². The quantitative estimate of drug-likeness (QED) is 0.599. The lowest BCUT2D eigenvalue weighted by molar-refractivity contribution is 0.0693. The lowest BCUT2D eigenvalue weighted by atomic mass is 10.1. The van der Waals surface area contributed by atoms with Crippen LogP contribution in [0.25, 0.3) is 0 Å². The van der Waals surface area contributed by atoms with Gasteiger partial charge in [0.2, 0.25) is 0 Å². The van der Waals surface area contributed by atoms with E-state index in [-0.39, 0.29) is 17.9 Å². The van der Waals surface area contributed by atoms with E-state index in [0.717, 1.165) is 0 Å². The Hall–Kier alpha value is -1.59. The fraction of sp³-hybridized carbons (Fsp3) is 0.364. The number of hydrogen-bond acceptors (Lipinski definition) is 4. The zero-order valence-corrected chi connectivity index (χ0v) is 9.21. The Kier molecular flexibility index (Phi) is 6.14. The second kappa shape index (κ2) is 6.81. The highest BCUT2D eigenvalue weighted by atomic mass is 16.4. The van der Waals surface area contributed by atoms with Gasteiger partial charge in [-0.3, -0.25) is 0 Å². The highest BCUT2D eigenvalue weighted by molar-refractivity contribution is 5.91. The first-order chi connectivity index (χ1) is 7.40. The minimum Gasteiger partial charge on any atom is -0.507 e. The zero-order chi connectivity index (χ0) is 12.7. The maximum Gasteiger partial charge on any atom is 0.339 e. The molecule has 0 saturated carbocycles. The predicted molar refractivity (Wildman–Crippen MR) is 58.6 cm³/mol. The highest BCUT2D eigenvalue weighted by Gasteiger charge is 2.09. The number of carboxylic acids is 1. The normalized spacial score (nSPS) is 11.2. The molecule has 0 aliphatic rings. The van der Waals surface area contributed by atoms with Gasteiger partial charge in [0.1, 0.15) is 11.3 Å². The molecule has 0 amide bonds. The van der Waals surface area contributed by atoms with Crippen LogP contribution in [0.2, 0.25) is 0 Å². The van der Waals surface area contributed by atoms with Crippen LogP contribution in [0.15, 0.2) is 18.2 Å². The monoisotopic (exact) mass is 228 g/mol. The molecule has 16 heavy (non-hydrogen) atoms. The molecule has 90 valence electrons. The second-order valence-corrected chi connectivity index (χ2v) is 3.31. The molecule has 1 aromatic rings. The average molecular weight is 228 g/mol. The van der Waals surface area contributed by atoms with E-state index in [1.165, 1.54) is 13.0 Å². The first-order valence-corrected chi connectivity index (χ1v) is 4.71. The Morgan fingerprint density at radius 3 is 2.25 bits per heavy atom. The average Bonchev–Trinajstić information content (AvgIpc) is 2.22. The van der Waals surface area contributed by atoms with Crippen LogP contribution in [0.3, 0.4) is 0 Å². The van der Waals surface area contributed by atoms with Gasteiger partial charge in [-0.1, -0.05) is 12.1 Å². The molecular formula is C11H16O5. The van der Waals surface area contributed by atoms with Crippen LogP contribution in [0.5, 0.6) is 5.75 Å². The third-order valence-electron chi connectivity index (χ3n) is 1.73. The van der Waals surface area contributed by atoms with E-state index in [0.29, 0.717) is 5.56 Å². The lowest BCUT2D eigenvalue weighted by Gasteiger charge is -2.00. The minimum atomic E-state index is -1.11. The van der Waals surface area contributed by atoms with Crippen molar-refractivity contribution in [2.75, 3.05) is 6.61 Å². The third kappa shape index (κ3) is 4.77. The van der Waals surface area contributed by atoms with Crippen molar-refractivity contribution in [1.82, 2.24) is 0 Å². The molecule has 0 fully saturated rings. The van der Waals surface area contributed by atoms with Crippen molar-refractivity contribution in [2.45, 2.75) is 20.0 Å². The molecule has 0 aliphatic carbocycles. The van der Waals surface area contributed by atoms with Gasteiger partial charge in [0.25, 0.3) is 0 Å². The van der Waals surface area contributed by atoms with Gasteiger partial charge in [-0.25, -0.2) is 4.79 Å². The van der Waals surface area contributed by atoms with Crippen molar-refractivity contribution < 1.29 is 25.2 Å². The zero-order valence-electron chi connectivity index (χ0n) is 9.21. The Labute approximate surface area is 93.6 Å². The summed E-state index contributed by atoms with van der Waals surface area (Å²) in [6.07, 6.45) is -0.560. The fourth-order valence-corrected chi connectivity index (χ4v) is 0.832. The number of carbonyl (C=O) groups is 1. The summed E-state index contributed by atoms with van der Waals surface area (Å²) in [4.78, 5) is 10.4. The summed E-state index contributed by atoms with van der Waals surface area (Å²) in [7, 11) is 0. The summed E-state index contributed by atoms with van der Waals surface area (Å²) in [5, 5.41) is 33.7. The number of para-hydroxylation sites is 1. The summed E-state index contributed by atoms with van der Waals surface area (Å²) >= 11 is 0. The summed E-state index contributed by atoms with van der Waals surface area (Å²) in [5.74, 6) is -1.26. The van der Waals surface area contributed by atoms with Gasteiger partial charge in [0.15, 0.2) is 0 Å². The molecule has 0 spiro atoms. The van der Waals surface area contributed by atoms with Crippen LogP contribution in [0.4, 0.5) is 0 Å². The standard InChI is InChI=1S/C8H8O3.C3H8O2/c1-5-3-2-4-6(7(5)9)8(10)11;1-3(5)2-4/h2-4,9H,1H3,(H,10,11);3-5H,2H2,1H3. The molecule has 1 rings (SSSR count). The summed E-state index contributed by atoms with van der Waals surface area (Å²) < 4.78 is 0. The Morgan fingerprint density at radius 1 is 1.44 bits per heavy atom. The van der Waals surface area contributed by atoms with Crippen molar-refractivity contribution in [2.24, 2.45) is 0 Å². The van der Waals surface area contributed by atoms with Gasteiger partial charge in [-0.2, -0.15) is 0 Å². The van der Waals surface area contributed by atoms with Gasteiger partial charge in [0, 0.05) is 0 Å². The van der Waals surface area contributed by atoms with Crippen LogP contribution < -0.4 is 0 Å². The SMILES string of the molecule is CC(O)CO.Cc1cccc(C(=O)O)c1O. The molecule has 5 nitrogen and oxygen atoms in total. The summed E-state index contributed by atoms with van der Waals surface area (Å²) in [5.41, 5.74) is 0.523. The largest absolute Gasteiger partial charge is 0.507 e. The number of carboxylic acid groups (broad SMARTS) is 1. The number of aromatic hydroxyl groups is 1. The first-order valence-electron chi connectivity index (χ1n) is 4.71.